The van der Waals surface area contributed by atoms with Gasteiger partial charge >= 0.3 is 5.97 Å². The molecule has 0 aromatic rings. The van der Waals surface area contributed by atoms with E-state index >= 15 is 0 Å². The Hall–Kier alpha value is -1.06. The average molecular weight is 269 g/mol. The summed E-state index contributed by atoms with van der Waals surface area (Å²) in [5.41, 5.74) is 0. The zero-order valence-corrected chi connectivity index (χ0v) is 12.3. The molecule has 4 nitrogen and oxygen atoms in total. The summed E-state index contributed by atoms with van der Waals surface area (Å²) in [5.74, 6) is -0.712. The number of carboxylic acid groups (broad SMARTS) is 1. The molecule has 0 spiro atoms. The Morgan fingerprint density at radius 3 is 2.11 bits per heavy atom. The fourth-order valence-corrected chi connectivity index (χ4v) is 2.69. The number of carbonyl (C=O) groups is 2. The number of carbonyl (C=O) groups excluding carboxylic acids is 1. The van der Waals surface area contributed by atoms with Crippen LogP contribution in [-0.4, -0.2) is 23.5 Å². The molecule has 2 atom stereocenters. The molecule has 2 N–H and O–H groups in total. The van der Waals surface area contributed by atoms with Gasteiger partial charge in [-0.3, -0.25) is 9.59 Å². The summed E-state index contributed by atoms with van der Waals surface area (Å²) < 4.78 is 0. The van der Waals surface area contributed by atoms with Crippen LogP contribution in [0.2, 0.25) is 0 Å². The second kappa shape index (κ2) is 7.51. The van der Waals surface area contributed by atoms with Crippen molar-refractivity contribution in [3.63, 3.8) is 0 Å². The van der Waals surface area contributed by atoms with Gasteiger partial charge < -0.3 is 10.4 Å². The molecule has 1 saturated carbocycles. The predicted molar refractivity (Wildman–Crippen MR) is 74.7 cm³/mol. The number of amides is 1. The molecule has 4 heteroatoms. The lowest BCUT2D eigenvalue weighted by Crippen LogP contribution is -2.38. The molecule has 0 bridgehead atoms. The van der Waals surface area contributed by atoms with E-state index < -0.39 is 17.8 Å². The minimum atomic E-state index is -0.911. The first-order chi connectivity index (χ1) is 8.95. The molecule has 0 radical (unpaired) electrons. The van der Waals surface area contributed by atoms with Gasteiger partial charge in [-0.15, -0.1) is 0 Å². The molecule has 0 heterocycles. The lowest BCUT2D eigenvalue weighted by atomic mass is 9.81. The van der Waals surface area contributed by atoms with Gasteiger partial charge in [-0.2, -0.15) is 0 Å². The van der Waals surface area contributed by atoms with E-state index in [9.17, 15) is 9.59 Å². The largest absolute Gasteiger partial charge is 0.481 e. The Bertz CT molecular complexity index is 309. The van der Waals surface area contributed by atoms with Crippen LogP contribution in [0.25, 0.3) is 0 Å². The van der Waals surface area contributed by atoms with Crippen LogP contribution in [0.5, 0.6) is 0 Å². The summed E-state index contributed by atoms with van der Waals surface area (Å²) in [5, 5.41) is 11.8. The third-order valence-electron chi connectivity index (χ3n) is 4.66. The number of aliphatic carboxylic acids is 1. The van der Waals surface area contributed by atoms with Gasteiger partial charge in [0.2, 0.25) is 5.91 Å². The van der Waals surface area contributed by atoms with Crippen molar-refractivity contribution in [3.8, 4) is 0 Å². The number of nitrogens with one attached hydrogen (secondary N) is 1. The van der Waals surface area contributed by atoms with Crippen molar-refractivity contribution in [1.29, 1.82) is 0 Å². The smallest absolute Gasteiger partial charge is 0.307 e. The van der Waals surface area contributed by atoms with Crippen LogP contribution < -0.4 is 5.32 Å². The standard InChI is InChI=1S/C15H27NO3/c1-4-12-5-7-13(8-6-12)9-16-14(17)10(2)11(3)15(18)19/h10-13H,4-9H2,1-3H3,(H,16,17)(H,18,19). The molecule has 110 valence electrons. The van der Waals surface area contributed by atoms with E-state index in [-0.39, 0.29) is 5.91 Å². The third kappa shape index (κ3) is 4.84. The van der Waals surface area contributed by atoms with Crippen molar-refractivity contribution in [2.24, 2.45) is 23.7 Å². The molecule has 1 amide bonds. The van der Waals surface area contributed by atoms with Gasteiger partial charge in [0.25, 0.3) is 0 Å². The fourth-order valence-electron chi connectivity index (χ4n) is 2.69. The minimum absolute atomic E-state index is 0.132. The average Bonchev–Trinajstić information content (AvgIpc) is 2.43. The van der Waals surface area contributed by atoms with E-state index in [1.165, 1.54) is 32.1 Å². The lowest BCUT2D eigenvalue weighted by molar-refractivity contribution is -0.146. The Morgan fingerprint density at radius 1 is 1.11 bits per heavy atom. The van der Waals surface area contributed by atoms with Crippen LogP contribution in [0, 0.1) is 23.7 Å². The van der Waals surface area contributed by atoms with E-state index in [1.54, 1.807) is 13.8 Å². The van der Waals surface area contributed by atoms with Crippen LogP contribution in [0.4, 0.5) is 0 Å². The summed E-state index contributed by atoms with van der Waals surface area (Å²) in [7, 11) is 0. The molecule has 1 rings (SSSR count). The Labute approximate surface area is 116 Å². The van der Waals surface area contributed by atoms with E-state index in [4.69, 9.17) is 5.11 Å². The Morgan fingerprint density at radius 2 is 1.63 bits per heavy atom. The quantitative estimate of drug-likeness (QED) is 0.779. The fraction of sp³-hybridized carbons (Fsp3) is 0.867. The van der Waals surface area contributed by atoms with Gasteiger partial charge in [0.15, 0.2) is 0 Å². The van der Waals surface area contributed by atoms with Crippen LogP contribution in [0.3, 0.4) is 0 Å². The van der Waals surface area contributed by atoms with Crippen LogP contribution in [-0.2, 0) is 9.59 Å². The van der Waals surface area contributed by atoms with E-state index in [0.29, 0.717) is 12.5 Å². The Kier molecular flexibility index (Phi) is 6.32. The maximum absolute atomic E-state index is 11.9. The molecular weight excluding hydrogens is 242 g/mol. The minimum Gasteiger partial charge on any atom is -0.481 e. The number of hydrogen-bond acceptors (Lipinski definition) is 2. The van der Waals surface area contributed by atoms with Crippen molar-refractivity contribution >= 4 is 11.9 Å². The van der Waals surface area contributed by atoms with Gasteiger partial charge in [-0.1, -0.05) is 40.0 Å². The van der Waals surface area contributed by atoms with Gasteiger partial charge in [-0.25, -0.2) is 0 Å². The monoisotopic (exact) mass is 269 g/mol. The Balaban J connectivity index is 2.29. The lowest BCUT2D eigenvalue weighted by Gasteiger charge is -2.28. The first-order valence-corrected chi connectivity index (χ1v) is 7.46. The van der Waals surface area contributed by atoms with Crippen LogP contribution in [0.15, 0.2) is 0 Å². The van der Waals surface area contributed by atoms with E-state index in [0.717, 1.165) is 5.92 Å². The second-order valence-electron chi connectivity index (χ2n) is 5.96. The number of carboxylic acids is 1. The van der Waals surface area contributed by atoms with Crippen molar-refractivity contribution in [2.45, 2.75) is 52.9 Å². The topological polar surface area (TPSA) is 66.4 Å². The molecule has 0 aromatic carbocycles. The summed E-state index contributed by atoms with van der Waals surface area (Å²) in [6.45, 7) is 6.20. The highest BCUT2D eigenvalue weighted by atomic mass is 16.4. The molecule has 2 unspecified atom stereocenters. The summed E-state index contributed by atoms with van der Waals surface area (Å²) in [6, 6.07) is 0. The summed E-state index contributed by atoms with van der Waals surface area (Å²) in [6.07, 6.45) is 6.14. The van der Waals surface area contributed by atoms with E-state index in [1.807, 2.05) is 0 Å². The van der Waals surface area contributed by atoms with Crippen molar-refractivity contribution < 1.29 is 14.7 Å². The third-order valence-corrected chi connectivity index (χ3v) is 4.66. The molecule has 1 aliphatic rings. The predicted octanol–water partition coefficient (Wildman–Crippen LogP) is 2.68. The molecule has 0 aromatic heterocycles. The maximum Gasteiger partial charge on any atom is 0.307 e. The zero-order chi connectivity index (χ0) is 14.4. The van der Waals surface area contributed by atoms with Gasteiger partial charge in [-0.05, 0) is 24.7 Å². The first kappa shape index (κ1) is 16.0. The summed E-state index contributed by atoms with van der Waals surface area (Å²) >= 11 is 0. The SMILES string of the molecule is CCC1CCC(CNC(=O)C(C)C(C)C(=O)O)CC1. The number of hydrogen-bond donors (Lipinski definition) is 2. The van der Waals surface area contributed by atoms with Crippen LogP contribution in [0.1, 0.15) is 52.9 Å². The van der Waals surface area contributed by atoms with Crippen molar-refractivity contribution in [1.82, 2.24) is 5.32 Å². The molecule has 19 heavy (non-hydrogen) atoms. The second-order valence-corrected chi connectivity index (χ2v) is 5.96. The number of rotatable bonds is 6. The first-order valence-electron chi connectivity index (χ1n) is 7.46. The maximum atomic E-state index is 11.9. The zero-order valence-electron chi connectivity index (χ0n) is 12.3. The van der Waals surface area contributed by atoms with Gasteiger partial charge in [0, 0.05) is 12.5 Å². The van der Waals surface area contributed by atoms with Gasteiger partial charge in [0.1, 0.15) is 0 Å². The highest BCUT2D eigenvalue weighted by Crippen LogP contribution is 2.30. The van der Waals surface area contributed by atoms with Crippen molar-refractivity contribution in [3.05, 3.63) is 0 Å². The molecule has 0 aliphatic heterocycles. The van der Waals surface area contributed by atoms with Gasteiger partial charge in [0.05, 0.1) is 5.92 Å². The molecule has 1 fully saturated rings. The van der Waals surface area contributed by atoms with Crippen molar-refractivity contribution in [2.75, 3.05) is 6.54 Å². The molecule has 0 saturated heterocycles. The van der Waals surface area contributed by atoms with Crippen LogP contribution >= 0.6 is 0 Å². The summed E-state index contributed by atoms with van der Waals surface area (Å²) in [4.78, 5) is 22.7. The highest BCUT2D eigenvalue weighted by Gasteiger charge is 2.26. The molecule has 1 aliphatic carbocycles. The molecular formula is C15H27NO3. The normalized spacial score (nSPS) is 26.5. The highest BCUT2D eigenvalue weighted by molar-refractivity contribution is 5.84. The van der Waals surface area contributed by atoms with E-state index in [2.05, 4.69) is 12.2 Å².